The van der Waals surface area contributed by atoms with E-state index >= 15 is 0 Å². The average Bonchev–Trinajstić information content (AvgIpc) is 2.84. The number of carboxylic acid groups (broad SMARTS) is 1. The van der Waals surface area contributed by atoms with Gasteiger partial charge in [0.2, 0.25) is 0 Å². The molecule has 5 nitrogen and oxygen atoms in total. The molecule has 2 rings (SSSR count). The first-order chi connectivity index (χ1) is 9.04. The topological polar surface area (TPSA) is 69.6 Å². The van der Waals surface area contributed by atoms with Gasteiger partial charge in [0, 0.05) is 11.4 Å². The molecule has 0 radical (unpaired) electrons. The Kier molecular flexibility index (Phi) is 4.09. The number of hydrogen-bond donors (Lipinski definition) is 2. The fourth-order valence-electron chi connectivity index (χ4n) is 2.36. The van der Waals surface area contributed by atoms with Crippen molar-refractivity contribution in [3.05, 3.63) is 21.9 Å². The van der Waals surface area contributed by atoms with Gasteiger partial charge in [-0.05, 0) is 36.8 Å². The molecule has 6 heteroatoms. The number of carbonyl (C=O) groups excluding carboxylic acids is 1. The highest BCUT2D eigenvalue weighted by Crippen LogP contribution is 2.32. The fourth-order valence-corrected chi connectivity index (χ4v) is 3.32. The number of nitrogens with zero attached hydrogens (tertiary/aromatic N) is 1. The molecule has 2 unspecified atom stereocenters. The Bertz CT molecular complexity index is 486. The summed E-state index contributed by atoms with van der Waals surface area (Å²) in [7, 11) is 0. The summed E-state index contributed by atoms with van der Waals surface area (Å²) in [5.74, 6) is -0.989. The Hall–Kier alpha value is -1.56. The zero-order valence-electron chi connectivity index (χ0n) is 11.0. The Labute approximate surface area is 116 Å². The quantitative estimate of drug-likeness (QED) is 0.893. The first-order valence-electron chi connectivity index (χ1n) is 6.40. The highest BCUT2D eigenvalue weighted by Gasteiger charge is 2.30. The fraction of sp³-hybridized carbons (Fsp3) is 0.538. The molecule has 2 heterocycles. The minimum Gasteiger partial charge on any atom is -0.480 e. The molecule has 1 aromatic heterocycles. The maximum Gasteiger partial charge on any atom is 0.326 e. The maximum absolute atomic E-state index is 12.2. The smallest absolute Gasteiger partial charge is 0.326 e. The number of carbonyl (C=O) groups is 2. The van der Waals surface area contributed by atoms with Crippen LogP contribution in [0, 0.1) is 0 Å². The van der Waals surface area contributed by atoms with Gasteiger partial charge in [0.1, 0.15) is 6.04 Å². The first-order valence-corrected chi connectivity index (χ1v) is 7.28. The number of amides is 2. The zero-order valence-corrected chi connectivity index (χ0v) is 11.9. The van der Waals surface area contributed by atoms with Gasteiger partial charge in [0.05, 0.1) is 6.04 Å². The van der Waals surface area contributed by atoms with E-state index in [4.69, 9.17) is 5.11 Å². The lowest BCUT2D eigenvalue weighted by Crippen LogP contribution is -2.50. The van der Waals surface area contributed by atoms with E-state index in [2.05, 4.69) is 5.32 Å². The van der Waals surface area contributed by atoms with Crippen LogP contribution in [0.3, 0.4) is 0 Å². The third kappa shape index (κ3) is 2.73. The van der Waals surface area contributed by atoms with Crippen molar-refractivity contribution >= 4 is 23.3 Å². The van der Waals surface area contributed by atoms with E-state index in [1.807, 2.05) is 18.4 Å². The largest absolute Gasteiger partial charge is 0.480 e. The predicted octanol–water partition coefficient (Wildman–Crippen LogP) is 2.24. The van der Waals surface area contributed by atoms with Crippen LogP contribution in [0.2, 0.25) is 0 Å². The minimum absolute atomic E-state index is 0.00120. The lowest BCUT2D eigenvalue weighted by atomic mass is 10.0. The summed E-state index contributed by atoms with van der Waals surface area (Å²) in [6.07, 6.45) is 1.22. The monoisotopic (exact) mass is 282 g/mol. The zero-order chi connectivity index (χ0) is 14.0. The summed E-state index contributed by atoms with van der Waals surface area (Å²) in [4.78, 5) is 26.2. The standard InChI is InChI=1S/C13H18N2O3S/c1-3-10(12(16)17)14-13(18)15-6-4-11-9(8(15)2)5-7-19-11/h5,7-8,10H,3-4,6H2,1-2H3,(H,14,18)(H,16,17). The number of fused-ring (bicyclic) bond motifs is 1. The molecular weight excluding hydrogens is 264 g/mol. The van der Waals surface area contributed by atoms with Gasteiger partial charge in [-0.1, -0.05) is 6.92 Å². The van der Waals surface area contributed by atoms with Crippen LogP contribution in [-0.2, 0) is 11.2 Å². The summed E-state index contributed by atoms with van der Waals surface area (Å²) in [5, 5.41) is 13.6. The molecule has 104 valence electrons. The number of nitrogens with one attached hydrogen (secondary N) is 1. The summed E-state index contributed by atoms with van der Waals surface area (Å²) in [6, 6.07) is 0.932. The molecule has 0 fully saturated rings. The maximum atomic E-state index is 12.2. The molecule has 0 spiro atoms. The highest BCUT2D eigenvalue weighted by atomic mass is 32.1. The van der Waals surface area contributed by atoms with Gasteiger partial charge in [-0.25, -0.2) is 9.59 Å². The van der Waals surface area contributed by atoms with Crippen LogP contribution >= 0.6 is 11.3 Å². The van der Waals surface area contributed by atoms with Gasteiger partial charge >= 0.3 is 12.0 Å². The normalized spacial score (nSPS) is 19.7. The second-order valence-corrected chi connectivity index (χ2v) is 5.67. The highest BCUT2D eigenvalue weighted by molar-refractivity contribution is 7.10. The van der Waals surface area contributed by atoms with Crippen molar-refractivity contribution in [3.8, 4) is 0 Å². The van der Waals surface area contributed by atoms with Gasteiger partial charge in [0.25, 0.3) is 0 Å². The van der Waals surface area contributed by atoms with E-state index in [1.54, 1.807) is 23.2 Å². The number of thiophene rings is 1. The average molecular weight is 282 g/mol. The molecule has 0 bridgehead atoms. The number of rotatable bonds is 3. The Morgan fingerprint density at radius 3 is 3.00 bits per heavy atom. The second-order valence-electron chi connectivity index (χ2n) is 4.67. The van der Waals surface area contributed by atoms with E-state index in [9.17, 15) is 9.59 Å². The van der Waals surface area contributed by atoms with E-state index in [0.29, 0.717) is 13.0 Å². The lowest BCUT2D eigenvalue weighted by Gasteiger charge is -2.34. The van der Waals surface area contributed by atoms with E-state index < -0.39 is 12.0 Å². The van der Waals surface area contributed by atoms with Crippen molar-refractivity contribution < 1.29 is 14.7 Å². The van der Waals surface area contributed by atoms with Crippen LogP contribution < -0.4 is 5.32 Å². The molecule has 1 aliphatic heterocycles. The van der Waals surface area contributed by atoms with Crippen LogP contribution in [-0.4, -0.2) is 34.6 Å². The van der Waals surface area contributed by atoms with Crippen molar-refractivity contribution in [3.63, 3.8) is 0 Å². The van der Waals surface area contributed by atoms with Gasteiger partial charge in [-0.2, -0.15) is 0 Å². The molecular formula is C13H18N2O3S. The predicted molar refractivity (Wildman–Crippen MR) is 73.4 cm³/mol. The van der Waals surface area contributed by atoms with E-state index in [-0.39, 0.29) is 12.1 Å². The molecule has 0 aliphatic carbocycles. The van der Waals surface area contributed by atoms with E-state index in [0.717, 1.165) is 6.42 Å². The van der Waals surface area contributed by atoms with E-state index in [1.165, 1.54) is 10.4 Å². The summed E-state index contributed by atoms with van der Waals surface area (Å²) < 4.78 is 0. The summed E-state index contributed by atoms with van der Waals surface area (Å²) in [5.41, 5.74) is 1.18. The third-order valence-corrected chi connectivity index (χ3v) is 4.54. The van der Waals surface area contributed by atoms with Gasteiger partial charge in [-0.15, -0.1) is 11.3 Å². The molecule has 0 saturated heterocycles. The molecule has 2 amide bonds. The lowest BCUT2D eigenvalue weighted by molar-refractivity contribution is -0.139. The molecule has 19 heavy (non-hydrogen) atoms. The first kappa shape index (κ1) is 13.9. The van der Waals surface area contributed by atoms with Crippen molar-refractivity contribution in [2.45, 2.75) is 38.8 Å². The summed E-state index contributed by atoms with van der Waals surface area (Å²) in [6.45, 7) is 4.36. The van der Waals surface area contributed by atoms with Crippen molar-refractivity contribution in [2.75, 3.05) is 6.54 Å². The molecule has 2 atom stereocenters. The molecule has 0 saturated carbocycles. The Morgan fingerprint density at radius 2 is 2.37 bits per heavy atom. The minimum atomic E-state index is -0.989. The molecule has 1 aliphatic rings. The number of hydrogen-bond acceptors (Lipinski definition) is 3. The SMILES string of the molecule is CCC(NC(=O)N1CCc2sccc2C1C)C(=O)O. The van der Waals surface area contributed by atoms with Crippen molar-refractivity contribution in [2.24, 2.45) is 0 Å². The van der Waals surface area contributed by atoms with Gasteiger partial charge < -0.3 is 15.3 Å². The molecule has 2 N–H and O–H groups in total. The summed E-state index contributed by atoms with van der Waals surface area (Å²) >= 11 is 1.71. The number of aliphatic carboxylic acids is 1. The van der Waals surface area contributed by atoms with Crippen LogP contribution in [0.25, 0.3) is 0 Å². The van der Waals surface area contributed by atoms with Crippen LogP contribution in [0.15, 0.2) is 11.4 Å². The third-order valence-electron chi connectivity index (χ3n) is 3.54. The van der Waals surface area contributed by atoms with Crippen molar-refractivity contribution in [1.82, 2.24) is 10.2 Å². The molecule has 1 aromatic rings. The van der Waals surface area contributed by atoms with Crippen LogP contribution in [0.1, 0.15) is 36.8 Å². The molecule has 0 aromatic carbocycles. The van der Waals surface area contributed by atoms with Crippen molar-refractivity contribution in [1.29, 1.82) is 0 Å². The Morgan fingerprint density at radius 1 is 1.63 bits per heavy atom. The van der Waals surface area contributed by atoms with Crippen LogP contribution in [0.4, 0.5) is 4.79 Å². The van der Waals surface area contributed by atoms with Gasteiger partial charge in [-0.3, -0.25) is 0 Å². The van der Waals surface area contributed by atoms with Crippen LogP contribution in [0.5, 0.6) is 0 Å². The second kappa shape index (κ2) is 5.61. The number of carboxylic acids is 1. The number of urea groups is 1. The van der Waals surface area contributed by atoms with Gasteiger partial charge in [0.15, 0.2) is 0 Å². The Balaban J connectivity index is 2.07.